The highest BCUT2D eigenvalue weighted by Gasteiger charge is 2.25. The van der Waals surface area contributed by atoms with Crippen LogP contribution in [0, 0.1) is 5.92 Å². The van der Waals surface area contributed by atoms with Crippen molar-refractivity contribution in [3.8, 4) is 0 Å². The summed E-state index contributed by atoms with van der Waals surface area (Å²) in [5, 5.41) is 5.89. The minimum atomic E-state index is -0.151. The zero-order valence-corrected chi connectivity index (χ0v) is 11.5. The number of hydrogen-bond donors (Lipinski definition) is 2. The minimum absolute atomic E-state index is 0.0660. The standard InChI is InChI=1S/C14H17N3OS/c15-13(18)9-5-7-10(8-6-9)16-14-11-3-1-2-4-12(11)17-19-14/h1-4,9-10,16H,5-8H2,(H2,15,18). The summed E-state index contributed by atoms with van der Waals surface area (Å²) >= 11 is 1.51. The Kier molecular flexibility index (Phi) is 3.38. The van der Waals surface area contributed by atoms with Gasteiger partial charge in [0.25, 0.3) is 0 Å². The number of benzene rings is 1. The maximum atomic E-state index is 11.1. The van der Waals surface area contributed by atoms with Crippen LogP contribution in [0.25, 0.3) is 10.9 Å². The Balaban J connectivity index is 1.68. The Bertz CT molecular complexity index is 587. The summed E-state index contributed by atoms with van der Waals surface area (Å²) < 4.78 is 4.43. The molecule has 0 bridgehead atoms. The fourth-order valence-electron chi connectivity index (χ4n) is 2.70. The fourth-order valence-corrected chi connectivity index (χ4v) is 3.54. The van der Waals surface area contributed by atoms with E-state index in [0.717, 1.165) is 36.2 Å². The zero-order valence-electron chi connectivity index (χ0n) is 10.6. The molecular weight excluding hydrogens is 258 g/mol. The highest BCUT2D eigenvalue weighted by atomic mass is 32.1. The van der Waals surface area contributed by atoms with Gasteiger partial charge in [0.2, 0.25) is 5.91 Å². The van der Waals surface area contributed by atoms with Gasteiger partial charge in [0.15, 0.2) is 0 Å². The average molecular weight is 275 g/mol. The van der Waals surface area contributed by atoms with E-state index >= 15 is 0 Å². The number of fused-ring (bicyclic) bond motifs is 1. The Morgan fingerprint density at radius 2 is 2.00 bits per heavy atom. The Morgan fingerprint density at radius 1 is 1.26 bits per heavy atom. The van der Waals surface area contributed by atoms with Gasteiger partial charge in [-0.05, 0) is 49.3 Å². The number of rotatable bonds is 3. The van der Waals surface area contributed by atoms with Crippen molar-refractivity contribution in [2.75, 3.05) is 5.32 Å². The summed E-state index contributed by atoms with van der Waals surface area (Å²) in [5.41, 5.74) is 6.40. The predicted octanol–water partition coefficient (Wildman–Crippen LogP) is 2.75. The lowest BCUT2D eigenvalue weighted by Crippen LogP contribution is -2.32. The summed E-state index contributed by atoms with van der Waals surface area (Å²) in [6, 6.07) is 8.59. The molecule has 1 saturated carbocycles. The molecule has 1 aliphatic carbocycles. The second-order valence-electron chi connectivity index (χ2n) is 5.12. The van der Waals surface area contributed by atoms with Crippen molar-refractivity contribution in [3.63, 3.8) is 0 Å². The molecule has 0 saturated heterocycles. The molecule has 1 aromatic carbocycles. The maximum absolute atomic E-state index is 11.1. The van der Waals surface area contributed by atoms with Crippen LogP contribution in [-0.4, -0.2) is 16.3 Å². The number of aromatic nitrogens is 1. The Labute approximate surface area is 116 Å². The number of amides is 1. The van der Waals surface area contributed by atoms with E-state index in [0.29, 0.717) is 6.04 Å². The van der Waals surface area contributed by atoms with Gasteiger partial charge in [0.05, 0.1) is 5.52 Å². The number of carbonyl (C=O) groups is 1. The lowest BCUT2D eigenvalue weighted by molar-refractivity contribution is -0.122. The number of nitrogens with one attached hydrogen (secondary N) is 1. The molecule has 1 fully saturated rings. The number of nitrogens with two attached hydrogens (primary N) is 1. The average Bonchev–Trinajstić information content (AvgIpc) is 2.83. The number of nitrogens with zero attached hydrogens (tertiary/aromatic N) is 1. The summed E-state index contributed by atoms with van der Waals surface area (Å²) in [7, 11) is 0. The number of carbonyl (C=O) groups excluding carboxylic acids is 1. The van der Waals surface area contributed by atoms with E-state index < -0.39 is 0 Å². The normalized spacial score (nSPS) is 23.4. The van der Waals surface area contributed by atoms with Gasteiger partial charge in [0, 0.05) is 17.3 Å². The molecule has 3 rings (SSSR count). The van der Waals surface area contributed by atoms with Gasteiger partial charge in [-0.2, -0.15) is 4.37 Å². The van der Waals surface area contributed by atoms with Crippen LogP contribution in [0.5, 0.6) is 0 Å². The quantitative estimate of drug-likeness (QED) is 0.905. The van der Waals surface area contributed by atoms with Crippen molar-refractivity contribution in [1.29, 1.82) is 0 Å². The zero-order chi connectivity index (χ0) is 13.2. The number of anilines is 1. The van der Waals surface area contributed by atoms with E-state index in [-0.39, 0.29) is 11.8 Å². The summed E-state index contributed by atoms with van der Waals surface area (Å²) in [4.78, 5) is 11.1. The Hall–Kier alpha value is -1.62. The van der Waals surface area contributed by atoms with Crippen LogP contribution < -0.4 is 11.1 Å². The van der Waals surface area contributed by atoms with E-state index in [2.05, 4.69) is 15.8 Å². The number of hydrogen-bond acceptors (Lipinski definition) is 4. The molecule has 1 amide bonds. The number of primary amides is 1. The summed E-state index contributed by atoms with van der Waals surface area (Å²) in [6.07, 6.45) is 3.78. The largest absolute Gasteiger partial charge is 0.372 e. The van der Waals surface area contributed by atoms with E-state index in [1.165, 1.54) is 16.9 Å². The lowest BCUT2D eigenvalue weighted by Gasteiger charge is -2.27. The van der Waals surface area contributed by atoms with Crippen LogP contribution in [0.3, 0.4) is 0 Å². The van der Waals surface area contributed by atoms with Crippen LogP contribution >= 0.6 is 11.5 Å². The molecule has 1 heterocycles. The van der Waals surface area contributed by atoms with E-state index in [1.54, 1.807) is 0 Å². The van der Waals surface area contributed by atoms with Crippen LogP contribution in [0.4, 0.5) is 5.00 Å². The third-order valence-corrected chi connectivity index (χ3v) is 4.66. The molecule has 0 atom stereocenters. The molecule has 19 heavy (non-hydrogen) atoms. The molecule has 1 aromatic heterocycles. The second kappa shape index (κ2) is 5.17. The first-order chi connectivity index (χ1) is 9.24. The molecule has 1 aliphatic rings. The van der Waals surface area contributed by atoms with Gasteiger partial charge < -0.3 is 11.1 Å². The van der Waals surface area contributed by atoms with Crippen molar-refractivity contribution in [1.82, 2.24) is 4.37 Å². The van der Waals surface area contributed by atoms with Crippen molar-refractivity contribution in [2.45, 2.75) is 31.7 Å². The Morgan fingerprint density at radius 3 is 2.74 bits per heavy atom. The van der Waals surface area contributed by atoms with E-state index in [4.69, 9.17) is 5.73 Å². The molecule has 0 radical (unpaired) electrons. The molecule has 2 aromatic rings. The molecule has 5 heteroatoms. The van der Waals surface area contributed by atoms with E-state index in [9.17, 15) is 4.79 Å². The molecular formula is C14H17N3OS. The third kappa shape index (κ3) is 2.56. The topological polar surface area (TPSA) is 68.0 Å². The van der Waals surface area contributed by atoms with Crippen molar-refractivity contribution in [2.24, 2.45) is 11.7 Å². The van der Waals surface area contributed by atoms with E-state index in [1.807, 2.05) is 18.2 Å². The monoisotopic (exact) mass is 275 g/mol. The van der Waals surface area contributed by atoms with Gasteiger partial charge in [-0.1, -0.05) is 12.1 Å². The summed E-state index contributed by atoms with van der Waals surface area (Å²) in [5.74, 6) is -0.0852. The lowest BCUT2D eigenvalue weighted by atomic mass is 9.85. The molecule has 100 valence electrons. The van der Waals surface area contributed by atoms with Gasteiger partial charge >= 0.3 is 0 Å². The highest BCUT2D eigenvalue weighted by Crippen LogP contribution is 2.31. The highest BCUT2D eigenvalue weighted by molar-refractivity contribution is 7.11. The predicted molar refractivity (Wildman–Crippen MR) is 78.2 cm³/mol. The maximum Gasteiger partial charge on any atom is 0.220 e. The second-order valence-corrected chi connectivity index (χ2v) is 5.90. The molecule has 0 unspecified atom stereocenters. The molecule has 0 spiro atoms. The first kappa shape index (κ1) is 12.4. The summed E-state index contributed by atoms with van der Waals surface area (Å²) in [6.45, 7) is 0. The van der Waals surface area contributed by atoms with Crippen LogP contribution in [-0.2, 0) is 4.79 Å². The SMILES string of the molecule is NC(=O)C1CCC(Nc2snc3ccccc23)CC1. The van der Waals surface area contributed by atoms with Crippen molar-refractivity contribution in [3.05, 3.63) is 24.3 Å². The van der Waals surface area contributed by atoms with Crippen molar-refractivity contribution >= 4 is 33.3 Å². The molecule has 0 aliphatic heterocycles. The third-order valence-electron chi connectivity index (χ3n) is 3.85. The van der Waals surface area contributed by atoms with Gasteiger partial charge in [-0.25, -0.2) is 0 Å². The van der Waals surface area contributed by atoms with Gasteiger partial charge in [-0.15, -0.1) is 0 Å². The van der Waals surface area contributed by atoms with Gasteiger partial charge in [0.1, 0.15) is 5.00 Å². The molecule has 3 N–H and O–H groups in total. The van der Waals surface area contributed by atoms with Gasteiger partial charge in [-0.3, -0.25) is 4.79 Å². The van der Waals surface area contributed by atoms with Crippen LogP contribution in [0.2, 0.25) is 0 Å². The fraction of sp³-hybridized carbons (Fsp3) is 0.429. The smallest absolute Gasteiger partial charge is 0.220 e. The van der Waals surface area contributed by atoms with Crippen molar-refractivity contribution < 1.29 is 4.79 Å². The first-order valence-electron chi connectivity index (χ1n) is 6.64. The minimum Gasteiger partial charge on any atom is -0.372 e. The van der Waals surface area contributed by atoms with Crippen LogP contribution in [0.1, 0.15) is 25.7 Å². The molecule has 4 nitrogen and oxygen atoms in total. The first-order valence-corrected chi connectivity index (χ1v) is 7.41. The van der Waals surface area contributed by atoms with Crippen LogP contribution in [0.15, 0.2) is 24.3 Å².